The highest BCUT2D eigenvalue weighted by atomic mass is 32.3. The molecule has 5 heteroatoms. The lowest BCUT2D eigenvalue weighted by Crippen LogP contribution is -2.06. The number of benzene rings is 3. The third kappa shape index (κ3) is 3.75. The summed E-state index contributed by atoms with van der Waals surface area (Å²) in [6.07, 6.45) is 3.37. The van der Waals surface area contributed by atoms with Gasteiger partial charge in [-0.15, -0.1) is 3.89 Å². The molecule has 0 aliphatic heterocycles. The summed E-state index contributed by atoms with van der Waals surface area (Å²) in [7, 11) is -5.42. The predicted octanol–water partition coefficient (Wildman–Crippen LogP) is 4.07. The molecule has 0 N–H and O–H groups in total. The van der Waals surface area contributed by atoms with E-state index in [1.165, 1.54) is 38.6 Å². The van der Waals surface area contributed by atoms with E-state index in [9.17, 15) is 3.89 Å². The predicted molar refractivity (Wildman–Crippen MR) is 91.2 cm³/mol. The lowest BCUT2D eigenvalue weighted by atomic mass is 9.83. The molecule has 0 atom stereocenters. The molecule has 0 spiro atoms. The van der Waals surface area contributed by atoms with Gasteiger partial charge in [-0.3, -0.25) is 0 Å². The Morgan fingerprint density at radius 2 is 1.71 bits per heavy atom. The van der Waals surface area contributed by atoms with Gasteiger partial charge in [-0.05, 0) is 42.1 Å². The summed E-state index contributed by atoms with van der Waals surface area (Å²) >= 11 is 0. The van der Waals surface area contributed by atoms with Gasteiger partial charge in [-0.25, -0.2) is 8.42 Å². The van der Waals surface area contributed by atoms with Crippen molar-refractivity contribution in [3.8, 4) is 0 Å². The fraction of sp³-hybridized carbons (Fsp3) is 0.105. The normalized spacial score (nSPS) is 12.5. The molecule has 0 saturated heterocycles. The van der Waals surface area contributed by atoms with E-state index in [0.29, 0.717) is 0 Å². The van der Waals surface area contributed by atoms with Crippen molar-refractivity contribution in [1.82, 2.24) is 0 Å². The Bertz CT molecular complexity index is 1000. The minimum atomic E-state index is -5.42. The van der Waals surface area contributed by atoms with Crippen LogP contribution in [0.1, 0.15) is 27.8 Å². The maximum absolute atomic E-state index is 10.1. The topological polar surface area (TPSA) is 57.2 Å². The Morgan fingerprint density at radius 3 is 2.46 bits per heavy atom. The zero-order valence-electron chi connectivity index (χ0n) is 13.0. The average molecular weight is 342 g/mol. The summed E-state index contributed by atoms with van der Waals surface area (Å²) in [5.41, 5.74) is 7.00. The Hall–Kier alpha value is -2.37. The largest absolute Gasteiger partial charge is 0.722 e. The van der Waals surface area contributed by atoms with Crippen LogP contribution in [0.2, 0.25) is 0 Å². The van der Waals surface area contributed by atoms with Crippen LogP contribution in [0.15, 0.2) is 54.6 Å². The van der Waals surface area contributed by atoms with Crippen LogP contribution in [0.25, 0.3) is 10.8 Å². The molecule has 3 nitrogen and oxygen atoms in total. The summed E-state index contributed by atoms with van der Waals surface area (Å²) in [5, 5.41) is 2.73. The van der Waals surface area contributed by atoms with Crippen molar-refractivity contribution in [3.63, 3.8) is 0 Å². The number of aryl methyl sites for hydroxylation is 1. The lowest BCUT2D eigenvalue weighted by molar-refractivity contribution is 0.417. The molecule has 3 aromatic carbocycles. The molecule has 4 rings (SSSR count). The molecule has 0 fully saturated rings. The molecule has 0 bridgehead atoms. The van der Waals surface area contributed by atoms with E-state index in [1.54, 1.807) is 0 Å². The fourth-order valence-electron chi connectivity index (χ4n) is 3.07. The summed E-state index contributed by atoms with van der Waals surface area (Å²) in [6, 6.07) is 19.9. The van der Waals surface area contributed by atoms with E-state index in [-0.39, 0.29) is 0 Å². The van der Waals surface area contributed by atoms with Crippen LogP contribution < -0.4 is 0 Å². The first-order valence-corrected chi connectivity index (χ1v) is 8.72. The Morgan fingerprint density at radius 1 is 1.04 bits per heavy atom. The monoisotopic (exact) mass is 342 g/mol. The summed E-state index contributed by atoms with van der Waals surface area (Å²) < 4.78 is 35.3. The standard InChI is InChI=1S/C19H15.FHO3S/c1-13-6-7-15-11-16-9-8-14-4-2-3-5-18(14)19(16)12-17(15)10-13;1-5(2,3)4/h2-11H,12H2,1H3;(H,2,3,4)/q+1;/p-1. The highest BCUT2D eigenvalue weighted by Gasteiger charge is 2.23. The molecule has 0 heterocycles. The zero-order valence-corrected chi connectivity index (χ0v) is 13.8. The molecule has 1 aliphatic rings. The van der Waals surface area contributed by atoms with Gasteiger partial charge in [0.15, 0.2) is 0 Å². The van der Waals surface area contributed by atoms with Gasteiger partial charge in [0.2, 0.25) is 0 Å². The van der Waals surface area contributed by atoms with Gasteiger partial charge in [0.1, 0.15) is 0 Å². The third-order valence-corrected chi connectivity index (χ3v) is 4.05. The molecule has 0 amide bonds. The molecule has 0 radical (unpaired) electrons. The number of rotatable bonds is 0. The van der Waals surface area contributed by atoms with Gasteiger partial charge in [0.25, 0.3) is 10.5 Å². The van der Waals surface area contributed by atoms with E-state index >= 15 is 0 Å². The summed E-state index contributed by atoms with van der Waals surface area (Å²) in [4.78, 5) is 0. The first-order chi connectivity index (χ1) is 11.3. The van der Waals surface area contributed by atoms with Gasteiger partial charge >= 0.3 is 0 Å². The van der Waals surface area contributed by atoms with Crippen LogP contribution in [0.3, 0.4) is 0 Å². The van der Waals surface area contributed by atoms with Crippen molar-refractivity contribution in [2.45, 2.75) is 13.3 Å². The van der Waals surface area contributed by atoms with Crippen LogP contribution >= 0.6 is 0 Å². The minimum absolute atomic E-state index is 1.05. The van der Waals surface area contributed by atoms with Gasteiger partial charge < -0.3 is 4.55 Å². The fourth-order valence-corrected chi connectivity index (χ4v) is 3.07. The molecule has 0 saturated carbocycles. The number of hydrogen-bond acceptors (Lipinski definition) is 3. The van der Waals surface area contributed by atoms with Crippen molar-refractivity contribution in [3.05, 3.63) is 88.8 Å². The molecule has 3 aromatic rings. The van der Waals surface area contributed by atoms with E-state index < -0.39 is 10.5 Å². The van der Waals surface area contributed by atoms with Crippen molar-refractivity contribution in [1.29, 1.82) is 0 Å². The number of hydrogen-bond donors (Lipinski definition) is 0. The quantitative estimate of drug-likeness (QED) is 0.275. The SMILES string of the molecule is Cc1ccc2c(c1)Cc1c(ccc3ccccc13)[CH+]2.O=S(=O)([O-])F. The Balaban J connectivity index is 0.000000300. The molecule has 0 aromatic heterocycles. The van der Waals surface area contributed by atoms with Crippen molar-refractivity contribution in [2.75, 3.05) is 0 Å². The second-order valence-corrected chi connectivity index (χ2v) is 6.56. The third-order valence-electron chi connectivity index (χ3n) is 4.05. The Kier molecular flexibility index (Phi) is 4.30. The van der Waals surface area contributed by atoms with Crippen LogP contribution in [0, 0.1) is 13.3 Å². The van der Waals surface area contributed by atoms with Crippen molar-refractivity contribution in [2.24, 2.45) is 0 Å². The van der Waals surface area contributed by atoms with E-state index in [0.717, 1.165) is 6.42 Å². The van der Waals surface area contributed by atoms with Gasteiger partial charge in [0, 0.05) is 35.1 Å². The summed E-state index contributed by atoms with van der Waals surface area (Å²) in [5.74, 6) is 0. The van der Waals surface area contributed by atoms with E-state index in [2.05, 4.69) is 67.9 Å². The van der Waals surface area contributed by atoms with E-state index in [1.807, 2.05) is 0 Å². The van der Waals surface area contributed by atoms with Gasteiger partial charge in [0.05, 0.1) is 17.5 Å². The second-order valence-electron chi connectivity index (χ2n) is 5.77. The number of halogens is 1. The molecular weight excluding hydrogens is 327 g/mol. The summed E-state index contributed by atoms with van der Waals surface area (Å²) in [6.45, 7) is 2.17. The van der Waals surface area contributed by atoms with Crippen LogP contribution in [-0.4, -0.2) is 13.0 Å². The minimum Gasteiger partial charge on any atom is -0.722 e. The van der Waals surface area contributed by atoms with E-state index in [4.69, 9.17) is 13.0 Å². The molecule has 24 heavy (non-hydrogen) atoms. The van der Waals surface area contributed by atoms with Crippen molar-refractivity contribution < 1.29 is 16.9 Å². The number of fused-ring (bicyclic) bond motifs is 4. The maximum Gasteiger partial charge on any atom is 0.255 e. The average Bonchev–Trinajstić information content (AvgIpc) is 2.51. The van der Waals surface area contributed by atoms with Crippen LogP contribution in [0.4, 0.5) is 3.89 Å². The van der Waals surface area contributed by atoms with Gasteiger partial charge in [-0.2, -0.15) is 0 Å². The highest BCUT2D eigenvalue weighted by molar-refractivity contribution is 7.80. The molecule has 0 unspecified atom stereocenters. The highest BCUT2D eigenvalue weighted by Crippen LogP contribution is 2.33. The van der Waals surface area contributed by atoms with Crippen LogP contribution in [0.5, 0.6) is 0 Å². The van der Waals surface area contributed by atoms with Crippen LogP contribution in [-0.2, 0) is 16.9 Å². The zero-order chi connectivity index (χ0) is 17.3. The lowest BCUT2D eigenvalue weighted by Gasteiger charge is -2.15. The molecule has 122 valence electrons. The first-order valence-electron chi connectivity index (χ1n) is 7.41. The molecule has 1 aliphatic carbocycles. The smallest absolute Gasteiger partial charge is 0.255 e. The molecular formula is C19H15FO3S. The first kappa shape index (κ1) is 16.5. The van der Waals surface area contributed by atoms with Gasteiger partial charge in [-0.1, -0.05) is 18.2 Å². The Labute approximate surface area is 140 Å². The maximum atomic E-state index is 10.1. The second kappa shape index (κ2) is 6.26. The van der Waals surface area contributed by atoms with Crippen molar-refractivity contribution >= 4 is 21.3 Å².